The van der Waals surface area contributed by atoms with Gasteiger partial charge in [-0.1, -0.05) is 66.6 Å². The SMILES string of the molecule is C#CCN1CCn2cc(C(=O)O)c(=O)c(O)c2C1=O.c1ccc(Cc2ccccc2)cc1. The molecule has 4 rings (SSSR count). The number of aromatic nitrogens is 1. The molecule has 162 valence electrons. The second-order valence-electron chi connectivity index (χ2n) is 7.15. The van der Waals surface area contributed by atoms with Crippen molar-refractivity contribution in [2.45, 2.75) is 13.0 Å². The summed E-state index contributed by atoms with van der Waals surface area (Å²) in [5, 5.41) is 18.6. The van der Waals surface area contributed by atoms with Gasteiger partial charge in [-0.05, 0) is 17.5 Å². The van der Waals surface area contributed by atoms with E-state index in [2.05, 4.69) is 66.6 Å². The first-order valence-corrected chi connectivity index (χ1v) is 9.92. The number of pyridine rings is 1. The highest BCUT2D eigenvalue weighted by Gasteiger charge is 2.30. The van der Waals surface area contributed by atoms with Crippen molar-refractivity contribution in [2.75, 3.05) is 13.1 Å². The maximum atomic E-state index is 12.0. The van der Waals surface area contributed by atoms with Gasteiger partial charge in [0.1, 0.15) is 5.56 Å². The first kappa shape index (κ1) is 22.4. The number of benzene rings is 2. The number of rotatable bonds is 4. The lowest BCUT2D eigenvalue weighted by molar-refractivity contribution is 0.0679. The normalized spacial score (nSPS) is 12.2. The summed E-state index contributed by atoms with van der Waals surface area (Å²) in [6, 6.07) is 21.1. The molecular weight excluding hydrogens is 408 g/mol. The van der Waals surface area contributed by atoms with E-state index in [1.807, 2.05) is 0 Å². The Morgan fingerprint density at radius 2 is 1.53 bits per heavy atom. The van der Waals surface area contributed by atoms with Crippen molar-refractivity contribution in [1.82, 2.24) is 9.47 Å². The number of hydrogen-bond acceptors (Lipinski definition) is 4. The van der Waals surface area contributed by atoms with Gasteiger partial charge in [-0.2, -0.15) is 0 Å². The van der Waals surface area contributed by atoms with Crippen molar-refractivity contribution in [3.8, 4) is 18.1 Å². The molecule has 32 heavy (non-hydrogen) atoms. The second-order valence-corrected chi connectivity index (χ2v) is 7.15. The zero-order valence-corrected chi connectivity index (χ0v) is 17.3. The van der Waals surface area contributed by atoms with Crippen LogP contribution in [0.4, 0.5) is 0 Å². The Bertz CT molecular complexity index is 1170. The van der Waals surface area contributed by atoms with Gasteiger partial charge in [-0.3, -0.25) is 9.59 Å². The first-order valence-electron chi connectivity index (χ1n) is 9.92. The quantitative estimate of drug-likeness (QED) is 0.620. The Balaban J connectivity index is 0.000000193. The van der Waals surface area contributed by atoms with Crippen molar-refractivity contribution in [1.29, 1.82) is 0 Å². The van der Waals surface area contributed by atoms with Crippen molar-refractivity contribution >= 4 is 11.9 Å². The van der Waals surface area contributed by atoms with E-state index >= 15 is 0 Å². The van der Waals surface area contributed by atoms with E-state index in [9.17, 15) is 19.5 Å². The molecule has 2 aromatic carbocycles. The predicted molar refractivity (Wildman–Crippen MR) is 120 cm³/mol. The molecule has 1 aromatic heterocycles. The van der Waals surface area contributed by atoms with Gasteiger partial charge >= 0.3 is 5.97 Å². The number of carbonyl (C=O) groups excluding carboxylic acids is 1. The van der Waals surface area contributed by atoms with Gasteiger partial charge in [-0.25, -0.2) is 4.79 Å². The van der Waals surface area contributed by atoms with Gasteiger partial charge in [0, 0.05) is 19.3 Å². The minimum absolute atomic E-state index is 0.0626. The number of terminal acetylenes is 1. The number of hydrogen-bond donors (Lipinski definition) is 2. The minimum atomic E-state index is -1.45. The fourth-order valence-electron chi connectivity index (χ4n) is 3.37. The van der Waals surface area contributed by atoms with Gasteiger partial charge in [0.15, 0.2) is 11.4 Å². The monoisotopic (exact) mass is 430 g/mol. The molecule has 0 atom stereocenters. The van der Waals surface area contributed by atoms with E-state index in [-0.39, 0.29) is 25.3 Å². The van der Waals surface area contributed by atoms with Crippen LogP contribution in [0.3, 0.4) is 0 Å². The number of carboxylic acids is 1. The number of nitrogens with zero attached hydrogens (tertiary/aromatic N) is 2. The number of carbonyl (C=O) groups is 2. The number of aromatic carboxylic acids is 1. The highest BCUT2D eigenvalue weighted by molar-refractivity contribution is 5.97. The van der Waals surface area contributed by atoms with Crippen molar-refractivity contribution in [3.63, 3.8) is 0 Å². The van der Waals surface area contributed by atoms with Crippen LogP contribution in [0.5, 0.6) is 5.75 Å². The number of amides is 1. The molecule has 0 saturated heterocycles. The summed E-state index contributed by atoms with van der Waals surface area (Å²) < 4.78 is 1.26. The molecule has 2 N–H and O–H groups in total. The van der Waals surface area contributed by atoms with Crippen LogP contribution < -0.4 is 5.43 Å². The Kier molecular flexibility index (Phi) is 7.09. The smallest absolute Gasteiger partial charge is 0.341 e. The maximum absolute atomic E-state index is 12.0. The molecule has 0 radical (unpaired) electrons. The summed E-state index contributed by atoms with van der Waals surface area (Å²) in [5.74, 6) is -0.588. The summed E-state index contributed by atoms with van der Waals surface area (Å²) in [6.45, 7) is 0.613. The zero-order valence-electron chi connectivity index (χ0n) is 17.3. The van der Waals surface area contributed by atoms with Gasteiger partial charge < -0.3 is 19.7 Å². The first-order chi connectivity index (χ1) is 15.4. The van der Waals surface area contributed by atoms with Crippen LogP contribution in [-0.2, 0) is 13.0 Å². The zero-order chi connectivity index (χ0) is 23.1. The Morgan fingerprint density at radius 1 is 0.969 bits per heavy atom. The highest BCUT2D eigenvalue weighted by atomic mass is 16.4. The van der Waals surface area contributed by atoms with E-state index in [1.54, 1.807) is 0 Å². The molecule has 2 heterocycles. The van der Waals surface area contributed by atoms with Crippen LogP contribution in [0.15, 0.2) is 71.7 Å². The second kappa shape index (κ2) is 10.1. The third-order valence-corrected chi connectivity index (χ3v) is 4.96. The van der Waals surface area contributed by atoms with Gasteiger partial charge in [0.05, 0.1) is 6.54 Å². The maximum Gasteiger partial charge on any atom is 0.341 e. The van der Waals surface area contributed by atoms with Crippen molar-refractivity contribution in [3.05, 3.63) is 99.5 Å². The van der Waals surface area contributed by atoms with Crippen LogP contribution >= 0.6 is 0 Å². The minimum Gasteiger partial charge on any atom is -0.503 e. The molecule has 0 fully saturated rings. The van der Waals surface area contributed by atoms with E-state index in [4.69, 9.17) is 11.5 Å². The van der Waals surface area contributed by atoms with Gasteiger partial charge in [0.25, 0.3) is 5.91 Å². The summed E-state index contributed by atoms with van der Waals surface area (Å²) in [6.07, 6.45) is 7.21. The lowest BCUT2D eigenvalue weighted by Gasteiger charge is -2.28. The third-order valence-electron chi connectivity index (χ3n) is 4.96. The summed E-state index contributed by atoms with van der Waals surface area (Å²) >= 11 is 0. The Labute approximate surface area is 185 Å². The lowest BCUT2D eigenvalue weighted by Crippen LogP contribution is -2.42. The van der Waals surface area contributed by atoms with Crippen LogP contribution in [0.25, 0.3) is 0 Å². The summed E-state index contributed by atoms with van der Waals surface area (Å²) in [5.41, 5.74) is 0.869. The van der Waals surface area contributed by atoms with E-state index in [0.29, 0.717) is 0 Å². The van der Waals surface area contributed by atoms with E-state index in [0.717, 1.165) is 12.6 Å². The predicted octanol–water partition coefficient (Wildman–Crippen LogP) is 2.62. The standard InChI is InChI=1S/C13H12.C12H10N2O5/c1-3-7-12(8-4-1)11-13-9-5-2-6-10-13;1-2-3-13-4-5-14-6-7(12(18)19)9(15)10(16)8(14)11(13)17/h1-10H,11H2;1,6,16H,3-5H2,(H,18,19). The topological polar surface area (TPSA) is 99.8 Å². The van der Waals surface area contributed by atoms with Crippen LogP contribution in [0.1, 0.15) is 32.0 Å². The molecular formula is C25H22N2O5. The van der Waals surface area contributed by atoms with Gasteiger partial charge in [-0.15, -0.1) is 6.42 Å². The largest absolute Gasteiger partial charge is 0.503 e. The molecule has 7 nitrogen and oxygen atoms in total. The number of carboxylic acid groups (broad SMARTS) is 1. The fourth-order valence-corrected chi connectivity index (χ4v) is 3.37. The molecule has 1 amide bonds. The fraction of sp³-hybridized carbons (Fsp3) is 0.160. The van der Waals surface area contributed by atoms with Crippen LogP contribution in [-0.4, -0.2) is 44.6 Å². The summed E-state index contributed by atoms with van der Waals surface area (Å²) in [4.78, 5) is 35.8. The number of fused-ring (bicyclic) bond motifs is 1. The summed E-state index contributed by atoms with van der Waals surface area (Å²) in [7, 11) is 0. The van der Waals surface area contributed by atoms with Crippen molar-refractivity contribution < 1.29 is 19.8 Å². The molecule has 0 unspecified atom stereocenters. The van der Waals surface area contributed by atoms with E-state index < -0.39 is 28.6 Å². The lowest BCUT2D eigenvalue weighted by atomic mass is 10.1. The molecule has 7 heteroatoms. The molecule has 3 aromatic rings. The average Bonchev–Trinajstić information content (AvgIpc) is 2.79. The average molecular weight is 430 g/mol. The Morgan fingerprint density at radius 3 is 2.03 bits per heavy atom. The number of aromatic hydroxyl groups is 1. The highest BCUT2D eigenvalue weighted by Crippen LogP contribution is 2.20. The van der Waals surface area contributed by atoms with Crippen LogP contribution in [0.2, 0.25) is 0 Å². The molecule has 0 saturated carbocycles. The molecule has 0 bridgehead atoms. The molecule has 0 aliphatic carbocycles. The molecule has 1 aliphatic rings. The van der Waals surface area contributed by atoms with E-state index in [1.165, 1.54) is 20.6 Å². The van der Waals surface area contributed by atoms with Crippen molar-refractivity contribution in [2.24, 2.45) is 0 Å². The third kappa shape index (κ3) is 5.05. The molecule has 0 spiro atoms. The Hall–Kier alpha value is -4.31. The van der Waals surface area contributed by atoms with Gasteiger partial charge in [0.2, 0.25) is 5.43 Å². The van der Waals surface area contributed by atoms with Crippen LogP contribution in [0, 0.1) is 12.3 Å². The molecule has 1 aliphatic heterocycles.